The van der Waals surface area contributed by atoms with E-state index in [4.69, 9.17) is 4.74 Å². The number of hydrogen-bond donors (Lipinski definition) is 2. The van der Waals surface area contributed by atoms with E-state index < -0.39 is 11.7 Å². The van der Waals surface area contributed by atoms with E-state index in [1.807, 2.05) is 13.8 Å². The van der Waals surface area contributed by atoms with Gasteiger partial charge >= 0.3 is 6.09 Å². The summed E-state index contributed by atoms with van der Waals surface area (Å²) in [4.78, 5) is 44.6. The first-order valence-corrected chi connectivity index (χ1v) is 11.0. The second-order valence-corrected chi connectivity index (χ2v) is 9.04. The number of nitrogens with zero attached hydrogens (tertiary/aromatic N) is 4. The Morgan fingerprint density at radius 1 is 1.06 bits per heavy atom. The summed E-state index contributed by atoms with van der Waals surface area (Å²) < 4.78 is 6.85. The van der Waals surface area contributed by atoms with Crippen LogP contribution in [0.4, 0.5) is 10.5 Å². The van der Waals surface area contributed by atoms with Crippen LogP contribution in [0.1, 0.15) is 67.2 Å². The average Bonchev–Trinajstić information content (AvgIpc) is 3.14. The SMILES string of the molecule is CC(=O)c1ccc(NC(=O)CCc2c(C)nc3nc(CNC(=O)OC(C)(C)C)nn3c2C)cc1. The highest BCUT2D eigenvalue weighted by atomic mass is 16.6. The molecule has 10 heteroatoms. The van der Waals surface area contributed by atoms with Crippen molar-refractivity contribution in [1.82, 2.24) is 24.9 Å². The molecule has 0 saturated heterocycles. The molecule has 180 valence electrons. The Labute approximate surface area is 198 Å². The van der Waals surface area contributed by atoms with Crippen molar-refractivity contribution in [3.05, 3.63) is 52.6 Å². The van der Waals surface area contributed by atoms with E-state index in [2.05, 4.69) is 25.7 Å². The van der Waals surface area contributed by atoms with Crippen LogP contribution in [0, 0.1) is 13.8 Å². The lowest BCUT2D eigenvalue weighted by Crippen LogP contribution is -2.32. The number of carbonyl (C=O) groups is 3. The van der Waals surface area contributed by atoms with Gasteiger partial charge in [-0.3, -0.25) is 9.59 Å². The zero-order valence-electron chi connectivity index (χ0n) is 20.4. The number of rotatable bonds is 7. The third kappa shape index (κ3) is 6.37. The van der Waals surface area contributed by atoms with Crippen molar-refractivity contribution in [2.24, 2.45) is 0 Å². The van der Waals surface area contributed by atoms with Crippen LogP contribution in [0.5, 0.6) is 0 Å². The van der Waals surface area contributed by atoms with E-state index in [-0.39, 0.29) is 24.7 Å². The van der Waals surface area contributed by atoms with Gasteiger partial charge in [0.05, 0.1) is 6.54 Å². The predicted molar refractivity (Wildman–Crippen MR) is 127 cm³/mol. The van der Waals surface area contributed by atoms with E-state index in [0.29, 0.717) is 29.3 Å². The number of nitrogens with one attached hydrogen (secondary N) is 2. The lowest BCUT2D eigenvalue weighted by molar-refractivity contribution is -0.116. The van der Waals surface area contributed by atoms with Gasteiger partial charge in [-0.1, -0.05) is 0 Å². The summed E-state index contributed by atoms with van der Waals surface area (Å²) in [5, 5.41) is 9.93. The maximum atomic E-state index is 12.5. The van der Waals surface area contributed by atoms with Gasteiger partial charge in [0.1, 0.15) is 5.60 Å². The Hall–Kier alpha value is -3.82. The molecule has 0 atom stereocenters. The van der Waals surface area contributed by atoms with E-state index in [1.54, 1.807) is 49.6 Å². The van der Waals surface area contributed by atoms with Gasteiger partial charge in [-0.2, -0.15) is 4.98 Å². The highest BCUT2D eigenvalue weighted by molar-refractivity contribution is 5.95. The molecule has 0 unspecified atom stereocenters. The Kier molecular flexibility index (Phi) is 7.29. The maximum absolute atomic E-state index is 12.5. The summed E-state index contributed by atoms with van der Waals surface area (Å²) in [7, 11) is 0. The Morgan fingerprint density at radius 3 is 2.35 bits per heavy atom. The number of anilines is 1. The van der Waals surface area contributed by atoms with E-state index >= 15 is 0 Å². The molecule has 2 heterocycles. The Morgan fingerprint density at radius 2 is 1.74 bits per heavy atom. The first-order chi connectivity index (χ1) is 15.9. The van der Waals surface area contributed by atoms with Gasteiger partial charge in [-0.15, -0.1) is 5.10 Å². The maximum Gasteiger partial charge on any atom is 0.408 e. The van der Waals surface area contributed by atoms with Gasteiger partial charge < -0.3 is 15.4 Å². The summed E-state index contributed by atoms with van der Waals surface area (Å²) >= 11 is 0. The summed E-state index contributed by atoms with van der Waals surface area (Å²) in [5.74, 6) is 0.665. The van der Waals surface area contributed by atoms with Crippen molar-refractivity contribution in [3.8, 4) is 0 Å². The fourth-order valence-electron chi connectivity index (χ4n) is 3.40. The van der Waals surface area contributed by atoms with Gasteiger partial charge in [-0.25, -0.2) is 14.3 Å². The minimum absolute atomic E-state index is 0.0244. The number of hydrogen-bond acceptors (Lipinski definition) is 7. The number of ketones is 1. The standard InChI is InChI=1S/C24H30N6O4/c1-14-19(11-12-21(32)27-18-9-7-17(8-10-18)16(3)31)15(2)30-22(26-14)28-20(29-30)13-25-23(33)34-24(4,5)6/h7-10H,11-13H2,1-6H3,(H,25,33)(H,27,32). The number of benzene rings is 1. The average molecular weight is 467 g/mol. The van der Waals surface area contributed by atoms with E-state index in [0.717, 1.165) is 17.0 Å². The minimum Gasteiger partial charge on any atom is -0.444 e. The smallest absolute Gasteiger partial charge is 0.408 e. The molecular weight excluding hydrogens is 436 g/mol. The number of ether oxygens (including phenoxy) is 1. The quantitative estimate of drug-likeness (QED) is 0.510. The Bertz CT molecular complexity index is 1220. The molecule has 34 heavy (non-hydrogen) atoms. The van der Waals surface area contributed by atoms with Crippen LogP contribution in [0.2, 0.25) is 0 Å². The first kappa shape index (κ1) is 24.8. The molecule has 0 bridgehead atoms. The molecule has 3 aromatic rings. The molecular formula is C24H30N6O4. The number of alkyl carbamates (subject to hydrolysis) is 1. The van der Waals surface area contributed by atoms with Gasteiger partial charge in [0.25, 0.3) is 5.78 Å². The third-order valence-electron chi connectivity index (χ3n) is 5.06. The van der Waals surface area contributed by atoms with Crippen LogP contribution in [-0.4, -0.2) is 43.0 Å². The fourth-order valence-corrected chi connectivity index (χ4v) is 3.40. The van der Waals surface area contributed by atoms with Crippen LogP contribution in [0.3, 0.4) is 0 Å². The van der Waals surface area contributed by atoms with E-state index in [1.165, 1.54) is 6.92 Å². The zero-order valence-corrected chi connectivity index (χ0v) is 20.4. The van der Waals surface area contributed by atoms with Crippen molar-refractivity contribution in [3.63, 3.8) is 0 Å². The first-order valence-electron chi connectivity index (χ1n) is 11.0. The largest absolute Gasteiger partial charge is 0.444 e. The van der Waals surface area contributed by atoms with Gasteiger partial charge in [0, 0.05) is 29.1 Å². The highest BCUT2D eigenvalue weighted by Gasteiger charge is 2.18. The van der Waals surface area contributed by atoms with E-state index in [9.17, 15) is 14.4 Å². The topological polar surface area (TPSA) is 128 Å². The van der Waals surface area contributed by atoms with Gasteiger partial charge in [0.2, 0.25) is 5.91 Å². The van der Waals surface area contributed by atoms with Gasteiger partial charge in [-0.05, 0) is 77.8 Å². The van der Waals surface area contributed by atoms with Crippen molar-refractivity contribution in [2.45, 2.75) is 66.5 Å². The molecule has 0 aliphatic carbocycles. The molecule has 2 amide bonds. The van der Waals surface area contributed by atoms with Crippen molar-refractivity contribution in [1.29, 1.82) is 0 Å². The molecule has 0 spiro atoms. The monoisotopic (exact) mass is 466 g/mol. The highest BCUT2D eigenvalue weighted by Crippen LogP contribution is 2.17. The van der Waals surface area contributed by atoms with Crippen molar-refractivity contribution in [2.75, 3.05) is 5.32 Å². The summed E-state index contributed by atoms with van der Waals surface area (Å²) in [6, 6.07) is 6.79. The normalized spacial score (nSPS) is 11.4. The molecule has 3 rings (SSSR count). The molecule has 0 fully saturated rings. The number of carbonyl (C=O) groups excluding carboxylic acids is 3. The van der Waals surface area contributed by atoms with Crippen LogP contribution < -0.4 is 10.6 Å². The third-order valence-corrected chi connectivity index (χ3v) is 5.06. The molecule has 2 aromatic heterocycles. The predicted octanol–water partition coefficient (Wildman–Crippen LogP) is 3.54. The molecule has 0 saturated carbocycles. The number of fused-ring (bicyclic) bond motifs is 1. The lowest BCUT2D eigenvalue weighted by Gasteiger charge is -2.19. The zero-order chi connectivity index (χ0) is 25.0. The van der Waals surface area contributed by atoms with Crippen molar-refractivity contribution >= 4 is 29.2 Å². The minimum atomic E-state index is -0.592. The molecule has 2 N–H and O–H groups in total. The number of aromatic nitrogens is 4. The Balaban J connectivity index is 1.65. The second kappa shape index (κ2) is 9.98. The van der Waals surface area contributed by atoms with Crippen LogP contribution in [0.15, 0.2) is 24.3 Å². The van der Waals surface area contributed by atoms with Crippen LogP contribution >= 0.6 is 0 Å². The van der Waals surface area contributed by atoms with Crippen molar-refractivity contribution < 1.29 is 19.1 Å². The van der Waals surface area contributed by atoms with Gasteiger partial charge in [0.15, 0.2) is 11.6 Å². The van der Waals surface area contributed by atoms with Crippen LogP contribution in [-0.2, 0) is 22.5 Å². The second-order valence-electron chi connectivity index (χ2n) is 9.04. The number of Topliss-reactive ketones (excluding diaryl/α,β-unsaturated/α-hetero) is 1. The summed E-state index contributed by atoms with van der Waals surface area (Å²) in [6.45, 7) is 10.7. The summed E-state index contributed by atoms with van der Waals surface area (Å²) in [5.41, 5.74) is 3.14. The molecule has 1 aromatic carbocycles. The number of amides is 2. The molecule has 0 radical (unpaired) electrons. The summed E-state index contributed by atoms with van der Waals surface area (Å²) in [6.07, 6.45) is 0.184. The molecule has 0 aliphatic rings. The fraction of sp³-hybridized carbons (Fsp3) is 0.417. The number of aryl methyl sites for hydroxylation is 2. The molecule has 0 aliphatic heterocycles. The lowest BCUT2D eigenvalue weighted by atomic mass is 10.1. The molecule has 10 nitrogen and oxygen atoms in total. The van der Waals surface area contributed by atoms with Crippen LogP contribution in [0.25, 0.3) is 5.78 Å².